The fourth-order valence-electron chi connectivity index (χ4n) is 3.14. The number of guanidine groups is 1. The van der Waals surface area contributed by atoms with Crippen LogP contribution < -0.4 is 20.1 Å². The first-order valence-electron chi connectivity index (χ1n) is 9.12. The molecule has 0 aliphatic carbocycles. The van der Waals surface area contributed by atoms with Crippen molar-refractivity contribution in [1.82, 2.24) is 10.6 Å². The number of benzene rings is 1. The van der Waals surface area contributed by atoms with Gasteiger partial charge in [0.25, 0.3) is 0 Å². The minimum Gasteiger partial charge on any atom is -0.496 e. The van der Waals surface area contributed by atoms with Gasteiger partial charge >= 0.3 is 0 Å². The third-order valence-corrected chi connectivity index (χ3v) is 4.67. The van der Waals surface area contributed by atoms with Crippen molar-refractivity contribution in [2.75, 3.05) is 27.8 Å². The largest absolute Gasteiger partial charge is 0.496 e. The van der Waals surface area contributed by atoms with Crippen molar-refractivity contribution in [3.05, 3.63) is 23.3 Å². The lowest BCUT2D eigenvalue weighted by atomic mass is 9.89. The quantitative estimate of drug-likeness (QED) is 0.601. The van der Waals surface area contributed by atoms with Crippen molar-refractivity contribution in [3.8, 4) is 11.5 Å². The number of nitrogens with zero attached hydrogens (tertiary/aromatic N) is 1. The van der Waals surface area contributed by atoms with E-state index in [2.05, 4.69) is 55.5 Å². The first-order valence-corrected chi connectivity index (χ1v) is 9.12. The predicted molar refractivity (Wildman–Crippen MR) is 105 cm³/mol. The molecule has 6 heteroatoms. The van der Waals surface area contributed by atoms with E-state index in [0.29, 0.717) is 13.1 Å². The Kier molecular flexibility index (Phi) is 6.75. The van der Waals surface area contributed by atoms with Crippen LogP contribution in [-0.2, 0) is 17.7 Å². The second-order valence-corrected chi connectivity index (χ2v) is 7.80. The summed E-state index contributed by atoms with van der Waals surface area (Å²) in [6.45, 7) is 9.85. The Bertz CT molecular complexity index is 638. The van der Waals surface area contributed by atoms with E-state index in [1.807, 2.05) is 0 Å². The van der Waals surface area contributed by atoms with Crippen molar-refractivity contribution in [2.45, 2.75) is 52.9 Å². The topological polar surface area (TPSA) is 64.1 Å². The number of hydrogen-bond donors (Lipinski definition) is 2. The van der Waals surface area contributed by atoms with Crippen LogP contribution in [0.25, 0.3) is 0 Å². The zero-order valence-corrected chi connectivity index (χ0v) is 17.1. The molecule has 0 radical (unpaired) electrons. The second kappa shape index (κ2) is 8.62. The Balaban J connectivity index is 1.99. The molecule has 0 saturated heterocycles. The highest BCUT2D eigenvalue weighted by atomic mass is 16.5. The molecule has 6 nitrogen and oxygen atoms in total. The van der Waals surface area contributed by atoms with Gasteiger partial charge < -0.3 is 24.8 Å². The van der Waals surface area contributed by atoms with Gasteiger partial charge in [0.15, 0.2) is 5.96 Å². The van der Waals surface area contributed by atoms with E-state index in [1.165, 1.54) is 5.56 Å². The van der Waals surface area contributed by atoms with Gasteiger partial charge in [-0.3, -0.25) is 4.99 Å². The van der Waals surface area contributed by atoms with Gasteiger partial charge in [-0.2, -0.15) is 0 Å². The molecule has 26 heavy (non-hydrogen) atoms. The number of ether oxygens (including phenoxy) is 3. The van der Waals surface area contributed by atoms with Crippen LogP contribution in [0.3, 0.4) is 0 Å². The summed E-state index contributed by atoms with van der Waals surface area (Å²) in [5.74, 6) is 2.55. The Morgan fingerprint density at radius 2 is 2.04 bits per heavy atom. The molecule has 2 rings (SSSR count). The minimum atomic E-state index is 0.0534. The molecule has 0 spiro atoms. The molecule has 2 unspecified atom stereocenters. The zero-order valence-electron chi connectivity index (χ0n) is 17.1. The minimum absolute atomic E-state index is 0.0534. The Morgan fingerprint density at radius 1 is 1.31 bits per heavy atom. The van der Waals surface area contributed by atoms with E-state index in [9.17, 15) is 0 Å². The first kappa shape index (κ1) is 20.4. The SMILES string of the molecule is CN=C(NCc1cc2c(cc1OC)CC(C)O2)NCC(OC)C(C)(C)C. The summed E-state index contributed by atoms with van der Waals surface area (Å²) in [7, 11) is 5.20. The van der Waals surface area contributed by atoms with E-state index in [0.717, 1.165) is 29.4 Å². The molecular formula is C20H33N3O3. The smallest absolute Gasteiger partial charge is 0.191 e. The lowest BCUT2D eigenvalue weighted by Crippen LogP contribution is -2.45. The summed E-state index contributed by atoms with van der Waals surface area (Å²) in [5, 5.41) is 6.68. The van der Waals surface area contributed by atoms with Crippen LogP contribution in [-0.4, -0.2) is 46.0 Å². The third-order valence-electron chi connectivity index (χ3n) is 4.67. The molecule has 0 amide bonds. The van der Waals surface area contributed by atoms with E-state index in [1.54, 1.807) is 21.3 Å². The molecule has 1 aromatic rings. The Morgan fingerprint density at radius 3 is 2.62 bits per heavy atom. The van der Waals surface area contributed by atoms with E-state index in [4.69, 9.17) is 14.2 Å². The maximum atomic E-state index is 5.87. The number of nitrogens with one attached hydrogen (secondary N) is 2. The molecule has 1 aliphatic heterocycles. The van der Waals surface area contributed by atoms with E-state index < -0.39 is 0 Å². The van der Waals surface area contributed by atoms with Crippen molar-refractivity contribution in [1.29, 1.82) is 0 Å². The molecule has 1 aliphatic rings. The van der Waals surface area contributed by atoms with Gasteiger partial charge in [0.2, 0.25) is 0 Å². The molecule has 146 valence electrons. The average Bonchev–Trinajstić information content (AvgIpc) is 2.94. The maximum absolute atomic E-state index is 5.87. The van der Waals surface area contributed by atoms with Crippen molar-refractivity contribution in [3.63, 3.8) is 0 Å². The maximum Gasteiger partial charge on any atom is 0.191 e. The van der Waals surface area contributed by atoms with Gasteiger partial charge in [-0.15, -0.1) is 0 Å². The lowest BCUT2D eigenvalue weighted by Gasteiger charge is -2.30. The Labute approximate surface area is 157 Å². The van der Waals surface area contributed by atoms with Crippen LogP contribution in [0.4, 0.5) is 0 Å². The highest BCUT2D eigenvalue weighted by Gasteiger charge is 2.25. The van der Waals surface area contributed by atoms with Gasteiger partial charge in [0.1, 0.15) is 17.6 Å². The van der Waals surface area contributed by atoms with Crippen molar-refractivity contribution >= 4 is 5.96 Å². The fraction of sp³-hybridized carbons (Fsp3) is 0.650. The van der Waals surface area contributed by atoms with Gasteiger partial charge in [-0.25, -0.2) is 0 Å². The summed E-state index contributed by atoms with van der Waals surface area (Å²) >= 11 is 0. The molecular weight excluding hydrogens is 330 g/mol. The van der Waals surface area contributed by atoms with Gasteiger partial charge in [-0.1, -0.05) is 20.8 Å². The normalized spacial score (nSPS) is 18.1. The third kappa shape index (κ3) is 5.04. The first-order chi connectivity index (χ1) is 12.3. The summed E-state index contributed by atoms with van der Waals surface area (Å²) < 4.78 is 17.0. The number of rotatable bonds is 6. The average molecular weight is 364 g/mol. The standard InChI is InChI=1S/C20H33N3O3/c1-13-8-14-9-16(24-6)15(10-17(14)26-13)11-22-19(21-5)23-12-18(25-7)20(2,3)4/h9-10,13,18H,8,11-12H2,1-7H3,(H2,21,22,23). The highest BCUT2D eigenvalue weighted by molar-refractivity contribution is 5.79. The molecule has 0 aromatic heterocycles. The number of aliphatic imine (C=N–C) groups is 1. The van der Waals surface area contributed by atoms with Gasteiger partial charge in [-0.05, 0) is 24.5 Å². The molecule has 0 saturated carbocycles. The van der Waals surface area contributed by atoms with Crippen LogP contribution >= 0.6 is 0 Å². The van der Waals surface area contributed by atoms with Crippen LogP contribution in [0, 0.1) is 5.41 Å². The summed E-state index contributed by atoms with van der Waals surface area (Å²) in [6.07, 6.45) is 1.23. The summed E-state index contributed by atoms with van der Waals surface area (Å²) in [6, 6.07) is 4.14. The van der Waals surface area contributed by atoms with E-state index in [-0.39, 0.29) is 17.6 Å². The monoisotopic (exact) mass is 363 g/mol. The molecule has 0 fully saturated rings. The van der Waals surface area contributed by atoms with E-state index >= 15 is 0 Å². The van der Waals surface area contributed by atoms with Crippen molar-refractivity contribution < 1.29 is 14.2 Å². The van der Waals surface area contributed by atoms with Crippen LogP contribution in [0.5, 0.6) is 11.5 Å². The summed E-state index contributed by atoms with van der Waals surface area (Å²) in [4.78, 5) is 4.30. The molecule has 0 bridgehead atoms. The molecule has 2 N–H and O–H groups in total. The van der Waals surface area contributed by atoms with Crippen LogP contribution in [0.15, 0.2) is 17.1 Å². The fourth-order valence-corrected chi connectivity index (χ4v) is 3.14. The van der Waals surface area contributed by atoms with Gasteiger partial charge in [0.05, 0.1) is 13.2 Å². The van der Waals surface area contributed by atoms with Crippen molar-refractivity contribution in [2.24, 2.45) is 10.4 Å². The Hall–Kier alpha value is -1.95. The molecule has 1 heterocycles. The highest BCUT2D eigenvalue weighted by Crippen LogP contribution is 2.34. The number of fused-ring (bicyclic) bond motifs is 1. The molecule has 2 atom stereocenters. The number of hydrogen-bond acceptors (Lipinski definition) is 4. The second-order valence-electron chi connectivity index (χ2n) is 7.80. The van der Waals surface area contributed by atoms with Crippen LogP contribution in [0.2, 0.25) is 0 Å². The predicted octanol–water partition coefficient (Wildman–Crippen LogP) is 2.74. The number of methoxy groups -OCH3 is 2. The van der Waals surface area contributed by atoms with Crippen LogP contribution in [0.1, 0.15) is 38.8 Å². The zero-order chi connectivity index (χ0) is 19.3. The molecule has 1 aromatic carbocycles. The van der Waals surface area contributed by atoms with Gasteiger partial charge in [0, 0.05) is 44.8 Å². The lowest BCUT2D eigenvalue weighted by molar-refractivity contribution is 0.0205. The summed E-state index contributed by atoms with van der Waals surface area (Å²) in [5.41, 5.74) is 2.30.